The Morgan fingerprint density at radius 3 is 2.79 bits per heavy atom. The molecule has 9 nitrogen and oxygen atoms in total. The number of nitrogens with zero attached hydrogens (tertiary/aromatic N) is 2. The average molecular weight is 406 g/mol. The number of aromatic nitrogens is 2. The SMILES string of the molecule is COC(=O)c1ccccc1CS(=O)(=O)N1CCC[C@@H](c2cc(C(N)=O)n[nH]2)C1. The number of carbonyl (C=O) groups is 2. The second-order valence-electron chi connectivity index (χ2n) is 6.67. The molecule has 10 heteroatoms. The topological polar surface area (TPSA) is 135 Å². The Morgan fingerprint density at radius 2 is 2.11 bits per heavy atom. The highest BCUT2D eigenvalue weighted by atomic mass is 32.2. The van der Waals surface area contributed by atoms with Gasteiger partial charge in [0.1, 0.15) is 5.69 Å². The van der Waals surface area contributed by atoms with Crippen molar-refractivity contribution >= 4 is 21.9 Å². The fourth-order valence-electron chi connectivity index (χ4n) is 3.36. The van der Waals surface area contributed by atoms with Gasteiger partial charge in [0.05, 0.1) is 18.4 Å². The van der Waals surface area contributed by atoms with E-state index < -0.39 is 21.9 Å². The normalized spacial score (nSPS) is 18.0. The summed E-state index contributed by atoms with van der Waals surface area (Å²) in [5, 5.41) is 6.64. The van der Waals surface area contributed by atoms with Crippen LogP contribution in [0, 0.1) is 0 Å². The molecule has 1 atom stereocenters. The van der Waals surface area contributed by atoms with E-state index in [1.807, 2.05) is 0 Å². The highest BCUT2D eigenvalue weighted by molar-refractivity contribution is 7.88. The van der Waals surface area contributed by atoms with Gasteiger partial charge in [0.15, 0.2) is 0 Å². The second-order valence-corrected chi connectivity index (χ2v) is 8.64. The number of esters is 1. The van der Waals surface area contributed by atoms with Crippen molar-refractivity contribution in [3.63, 3.8) is 0 Å². The van der Waals surface area contributed by atoms with E-state index in [0.717, 1.165) is 6.42 Å². The third kappa shape index (κ3) is 4.23. The van der Waals surface area contributed by atoms with Crippen molar-refractivity contribution in [2.24, 2.45) is 5.73 Å². The largest absolute Gasteiger partial charge is 0.465 e. The van der Waals surface area contributed by atoms with Crippen molar-refractivity contribution in [1.82, 2.24) is 14.5 Å². The first-order valence-electron chi connectivity index (χ1n) is 8.81. The number of rotatable bonds is 6. The molecule has 1 amide bonds. The third-order valence-corrected chi connectivity index (χ3v) is 6.62. The van der Waals surface area contributed by atoms with E-state index in [0.29, 0.717) is 24.2 Å². The van der Waals surface area contributed by atoms with Crippen LogP contribution < -0.4 is 5.73 Å². The number of aromatic amines is 1. The molecule has 0 unspecified atom stereocenters. The molecule has 1 fully saturated rings. The lowest BCUT2D eigenvalue weighted by molar-refractivity contribution is 0.0599. The molecule has 1 aromatic carbocycles. The van der Waals surface area contributed by atoms with Crippen LogP contribution in [0.5, 0.6) is 0 Å². The first-order chi connectivity index (χ1) is 13.3. The van der Waals surface area contributed by atoms with E-state index in [4.69, 9.17) is 10.5 Å². The summed E-state index contributed by atoms with van der Waals surface area (Å²) in [6.45, 7) is 0.666. The van der Waals surface area contributed by atoms with Crippen LogP contribution in [-0.2, 0) is 20.5 Å². The zero-order valence-electron chi connectivity index (χ0n) is 15.4. The number of nitrogens with one attached hydrogen (secondary N) is 1. The standard InChI is InChI=1S/C18H22N4O5S/c1-27-18(24)14-7-3-2-5-13(14)11-28(25,26)22-8-4-6-12(10-22)15-9-16(17(19)23)21-20-15/h2-3,5,7,9,12H,4,6,8,10-11H2,1H3,(H2,19,23)(H,20,21)/t12-/m1/s1. The first kappa shape index (κ1) is 20.0. The molecule has 1 aromatic heterocycles. The first-order valence-corrected chi connectivity index (χ1v) is 10.4. The molecule has 3 N–H and O–H groups in total. The minimum Gasteiger partial charge on any atom is -0.465 e. The minimum absolute atomic E-state index is 0.111. The summed E-state index contributed by atoms with van der Waals surface area (Å²) in [6, 6.07) is 8.07. The summed E-state index contributed by atoms with van der Waals surface area (Å²) in [5.74, 6) is -1.61. The van der Waals surface area contributed by atoms with Crippen LogP contribution in [0.3, 0.4) is 0 Å². The molecule has 0 aliphatic carbocycles. The molecule has 1 aliphatic rings. The van der Waals surface area contributed by atoms with E-state index in [-0.39, 0.29) is 29.5 Å². The smallest absolute Gasteiger partial charge is 0.338 e. The van der Waals surface area contributed by atoms with Gasteiger partial charge in [-0.25, -0.2) is 17.5 Å². The number of H-pyrrole nitrogens is 1. The van der Waals surface area contributed by atoms with Gasteiger partial charge >= 0.3 is 5.97 Å². The molecule has 0 radical (unpaired) electrons. The molecule has 150 valence electrons. The van der Waals surface area contributed by atoms with E-state index in [9.17, 15) is 18.0 Å². The summed E-state index contributed by atoms with van der Waals surface area (Å²) in [6.07, 6.45) is 1.44. The van der Waals surface area contributed by atoms with Gasteiger partial charge in [-0.15, -0.1) is 0 Å². The van der Waals surface area contributed by atoms with Gasteiger partial charge in [0.2, 0.25) is 10.0 Å². The van der Waals surface area contributed by atoms with Crippen molar-refractivity contribution in [1.29, 1.82) is 0 Å². The summed E-state index contributed by atoms with van der Waals surface area (Å²) in [4.78, 5) is 23.1. The molecule has 2 aromatic rings. The van der Waals surface area contributed by atoms with Crippen LogP contribution in [0.4, 0.5) is 0 Å². The number of benzene rings is 1. The number of ether oxygens (including phenoxy) is 1. The fraction of sp³-hybridized carbons (Fsp3) is 0.389. The van der Waals surface area contributed by atoms with Crippen molar-refractivity contribution < 1.29 is 22.7 Å². The number of carbonyl (C=O) groups excluding carboxylic acids is 2. The predicted molar refractivity (Wildman–Crippen MR) is 101 cm³/mol. The lowest BCUT2D eigenvalue weighted by Gasteiger charge is -2.31. The average Bonchev–Trinajstić information content (AvgIpc) is 3.18. The number of piperidine rings is 1. The summed E-state index contributed by atoms with van der Waals surface area (Å²) in [5.41, 5.74) is 6.67. The van der Waals surface area contributed by atoms with Gasteiger partial charge in [-0.3, -0.25) is 9.89 Å². The van der Waals surface area contributed by atoms with Gasteiger partial charge in [0, 0.05) is 24.7 Å². The summed E-state index contributed by atoms with van der Waals surface area (Å²) < 4.78 is 32.1. The van der Waals surface area contributed by atoms with Crippen molar-refractivity contribution in [2.75, 3.05) is 20.2 Å². The number of methoxy groups -OCH3 is 1. The number of amides is 1. The molecular formula is C18H22N4O5S. The molecule has 1 saturated heterocycles. The van der Waals surface area contributed by atoms with E-state index in [2.05, 4.69) is 10.2 Å². The zero-order chi connectivity index (χ0) is 20.3. The Labute approximate surface area is 162 Å². The maximum Gasteiger partial charge on any atom is 0.338 e. The van der Waals surface area contributed by atoms with E-state index in [1.165, 1.54) is 11.4 Å². The maximum atomic E-state index is 13.0. The fourth-order valence-corrected chi connectivity index (χ4v) is 5.01. The molecule has 0 spiro atoms. The van der Waals surface area contributed by atoms with Crippen molar-refractivity contribution in [3.8, 4) is 0 Å². The maximum absolute atomic E-state index is 13.0. The van der Waals surface area contributed by atoms with Crippen LogP contribution in [0.25, 0.3) is 0 Å². The number of nitrogens with two attached hydrogens (primary N) is 1. The van der Waals surface area contributed by atoms with Crippen molar-refractivity contribution in [3.05, 3.63) is 52.8 Å². The van der Waals surface area contributed by atoms with Crippen molar-refractivity contribution in [2.45, 2.75) is 24.5 Å². The Balaban J connectivity index is 1.78. The highest BCUT2D eigenvalue weighted by Gasteiger charge is 2.31. The molecule has 28 heavy (non-hydrogen) atoms. The molecule has 2 heterocycles. The van der Waals surface area contributed by atoms with Crippen LogP contribution >= 0.6 is 0 Å². The Bertz CT molecular complexity index is 985. The second kappa shape index (κ2) is 8.11. The molecule has 0 saturated carbocycles. The van der Waals surface area contributed by atoms with E-state index >= 15 is 0 Å². The monoisotopic (exact) mass is 406 g/mol. The lowest BCUT2D eigenvalue weighted by atomic mass is 9.96. The highest BCUT2D eigenvalue weighted by Crippen LogP contribution is 2.29. The third-order valence-electron chi connectivity index (χ3n) is 4.83. The molecule has 3 rings (SSSR count). The van der Waals surface area contributed by atoms with Gasteiger partial charge in [0.25, 0.3) is 5.91 Å². The Hall–Kier alpha value is -2.72. The predicted octanol–water partition coefficient (Wildman–Crippen LogP) is 1.00. The van der Waals surface area contributed by atoms with Crippen LogP contribution in [-0.4, -0.2) is 55.0 Å². The van der Waals surface area contributed by atoms with Gasteiger partial charge in [-0.2, -0.15) is 5.10 Å². The Morgan fingerprint density at radius 1 is 1.36 bits per heavy atom. The van der Waals surface area contributed by atoms with Gasteiger partial charge < -0.3 is 10.5 Å². The summed E-state index contributed by atoms with van der Waals surface area (Å²) >= 11 is 0. The van der Waals surface area contributed by atoms with Gasteiger partial charge in [-0.05, 0) is 30.5 Å². The molecular weight excluding hydrogens is 384 g/mol. The zero-order valence-corrected chi connectivity index (χ0v) is 16.2. The number of sulfonamides is 1. The quantitative estimate of drug-likeness (QED) is 0.687. The van der Waals surface area contributed by atoms with Crippen LogP contribution in [0.2, 0.25) is 0 Å². The summed E-state index contributed by atoms with van der Waals surface area (Å²) in [7, 11) is -2.39. The minimum atomic E-state index is -3.65. The van der Waals surface area contributed by atoms with Gasteiger partial charge in [-0.1, -0.05) is 18.2 Å². The number of primary amides is 1. The lowest BCUT2D eigenvalue weighted by Crippen LogP contribution is -2.40. The number of hydrogen-bond donors (Lipinski definition) is 2. The Kier molecular flexibility index (Phi) is 5.80. The number of hydrogen-bond acceptors (Lipinski definition) is 6. The van der Waals surface area contributed by atoms with E-state index in [1.54, 1.807) is 30.3 Å². The van der Waals surface area contributed by atoms with Crippen LogP contribution in [0.1, 0.15) is 50.9 Å². The molecule has 0 bridgehead atoms. The van der Waals surface area contributed by atoms with Crippen LogP contribution in [0.15, 0.2) is 30.3 Å². The molecule has 1 aliphatic heterocycles.